The number of nitrogens with zero attached hydrogens (tertiary/aromatic N) is 1. The van der Waals surface area contributed by atoms with Crippen molar-refractivity contribution < 1.29 is 4.79 Å². The van der Waals surface area contributed by atoms with Gasteiger partial charge in [0.2, 0.25) is 5.91 Å². The summed E-state index contributed by atoms with van der Waals surface area (Å²) in [6, 6.07) is 1.04. The van der Waals surface area contributed by atoms with E-state index in [9.17, 15) is 4.79 Å². The lowest BCUT2D eigenvalue weighted by molar-refractivity contribution is -0.127. The van der Waals surface area contributed by atoms with E-state index in [0.717, 1.165) is 25.9 Å². The summed E-state index contributed by atoms with van der Waals surface area (Å²) in [6.45, 7) is 1.71. The number of hydrogen-bond donors (Lipinski definition) is 2. The molecule has 2 atom stereocenters. The largest absolute Gasteiger partial charge is 0.353 e. The van der Waals surface area contributed by atoms with Gasteiger partial charge in [0.05, 0.1) is 5.92 Å². The maximum atomic E-state index is 11.8. The van der Waals surface area contributed by atoms with Crippen LogP contribution in [0.3, 0.4) is 0 Å². The molecule has 2 rings (SSSR count). The maximum Gasteiger partial charge on any atom is 0.225 e. The third-order valence-electron chi connectivity index (χ3n) is 3.88. The average Bonchev–Trinajstić information content (AvgIpc) is 2.15. The molecular weight excluding hydrogens is 238 g/mol. The van der Waals surface area contributed by atoms with E-state index in [1.165, 1.54) is 12.8 Å². The summed E-state index contributed by atoms with van der Waals surface area (Å²) in [5.41, 5.74) is 0. The molecule has 1 aliphatic heterocycles. The summed E-state index contributed by atoms with van der Waals surface area (Å²) in [7, 11) is 4.26. The zero-order valence-electron chi connectivity index (χ0n) is 10.7. The van der Waals surface area contributed by atoms with Gasteiger partial charge in [0, 0.05) is 25.2 Å². The van der Waals surface area contributed by atoms with Crippen LogP contribution in [0.25, 0.3) is 0 Å². The highest BCUT2D eigenvalue weighted by molar-refractivity contribution is 5.85. The summed E-state index contributed by atoms with van der Waals surface area (Å²) >= 11 is 0. The second kappa shape index (κ2) is 6.57. The van der Waals surface area contributed by atoms with Crippen molar-refractivity contribution in [3.63, 3.8) is 0 Å². The van der Waals surface area contributed by atoms with Gasteiger partial charge in [-0.3, -0.25) is 4.79 Å². The van der Waals surface area contributed by atoms with Gasteiger partial charge in [0.15, 0.2) is 0 Å². The summed E-state index contributed by atoms with van der Waals surface area (Å²) in [4.78, 5) is 14.1. The molecule has 2 aliphatic rings. The zero-order chi connectivity index (χ0) is 11.5. The van der Waals surface area contributed by atoms with E-state index in [1.54, 1.807) is 0 Å². The zero-order valence-corrected chi connectivity index (χ0v) is 11.6. The number of rotatable bonds is 3. The van der Waals surface area contributed by atoms with Crippen molar-refractivity contribution in [3.05, 3.63) is 0 Å². The maximum absolute atomic E-state index is 11.8. The topological polar surface area (TPSA) is 44.4 Å². The third kappa shape index (κ3) is 3.83. The monoisotopic (exact) mass is 261 g/mol. The lowest BCUT2D eigenvalue weighted by Crippen LogP contribution is -2.54. The van der Waals surface area contributed by atoms with Crippen LogP contribution >= 0.6 is 12.4 Å². The second-order valence-corrected chi connectivity index (χ2v) is 5.34. The van der Waals surface area contributed by atoms with Crippen molar-refractivity contribution in [2.45, 2.75) is 37.8 Å². The smallest absolute Gasteiger partial charge is 0.225 e. The van der Waals surface area contributed by atoms with Crippen LogP contribution in [-0.4, -0.2) is 50.1 Å². The molecule has 0 radical (unpaired) electrons. The molecule has 0 aromatic heterocycles. The predicted molar refractivity (Wildman–Crippen MR) is 71.5 cm³/mol. The Morgan fingerprint density at radius 3 is 2.53 bits per heavy atom. The summed E-state index contributed by atoms with van der Waals surface area (Å²) < 4.78 is 0. The number of amides is 1. The van der Waals surface area contributed by atoms with Crippen molar-refractivity contribution in [1.29, 1.82) is 0 Å². The molecule has 2 fully saturated rings. The molecule has 1 amide bonds. The molecule has 100 valence electrons. The Labute approximate surface area is 110 Å². The second-order valence-electron chi connectivity index (χ2n) is 5.34. The summed E-state index contributed by atoms with van der Waals surface area (Å²) in [5.74, 6) is 0.475. The molecule has 2 N–H and O–H groups in total. The highest BCUT2D eigenvalue weighted by Gasteiger charge is 2.29. The average molecular weight is 262 g/mol. The minimum atomic E-state index is 0. The van der Waals surface area contributed by atoms with Gasteiger partial charge in [0.25, 0.3) is 0 Å². The van der Waals surface area contributed by atoms with Crippen molar-refractivity contribution in [2.24, 2.45) is 5.92 Å². The van der Waals surface area contributed by atoms with E-state index in [0.29, 0.717) is 12.1 Å². The fourth-order valence-electron chi connectivity index (χ4n) is 2.56. The van der Waals surface area contributed by atoms with Gasteiger partial charge >= 0.3 is 0 Å². The molecule has 5 heteroatoms. The van der Waals surface area contributed by atoms with Gasteiger partial charge in [-0.2, -0.15) is 0 Å². The molecule has 1 heterocycles. The van der Waals surface area contributed by atoms with E-state index in [-0.39, 0.29) is 24.2 Å². The van der Waals surface area contributed by atoms with Gasteiger partial charge < -0.3 is 15.5 Å². The number of hydrogen-bond acceptors (Lipinski definition) is 3. The molecule has 1 aliphatic carbocycles. The van der Waals surface area contributed by atoms with E-state index >= 15 is 0 Å². The van der Waals surface area contributed by atoms with Crippen molar-refractivity contribution >= 4 is 18.3 Å². The van der Waals surface area contributed by atoms with Gasteiger partial charge in [-0.05, 0) is 39.8 Å². The Balaban J connectivity index is 0.00000144. The molecule has 0 spiro atoms. The minimum Gasteiger partial charge on any atom is -0.353 e. The fraction of sp³-hybridized carbons (Fsp3) is 0.917. The van der Waals surface area contributed by atoms with Crippen LogP contribution in [0.5, 0.6) is 0 Å². The number of nitrogens with one attached hydrogen (secondary N) is 2. The first-order valence-corrected chi connectivity index (χ1v) is 6.34. The molecule has 0 aromatic rings. The number of halogens is 1. The van der Waals surface area contributed by atoms with Crippen LogP contribution in [-0.2, 0) is 4.79 Å². The van der Waals surface area contributed by atoms with Gasteiger partial charge in [0.1, 0.15) is 0 Å². The van der Waals surface area contributed by atoms with Crippen LogP contribution in [0.2, 0.25) is 0 Å². The SMILES string of the molecule is CN(C)C1CCCC(NC(=O)C2CNC2)C1.Cl. The Bertz CT molecular complexity index is 256. The lowest BCUT2D eigenvalue weighted by Gasteiger charge is -2.35. The fourth-order valence-corrected chi connectivity index (χ4v) is 2.56. The van der Waals surface area contributed by atoms with Gasteiger partial charge in [-0.15, -0.1) is 12.4 Å². The lowest BCUT2D eigenvalue weighted by atomic mass is 9.89. The first-order valence-electron chi connectivity index (χ1n) is 6.34. The minimum absolute atomic E-state index is 0. The van der Waals surface area contributed by atoms with Gasteiger partial charge in [-0.1, -0.05) is 0 Å². The van der Waals surface area contributed by atoms with E-state index in [1.807, 2.05) is 0 Å². The Morgan fingerprint density at radius 2 is 2.00 bits per heavy atom. The molecule has 1 saturated carbocycles. The molecule has 0 aromatic carbocycles. The molecule has 17 heavy (non-hydrogen) atoms. The molecule has 2 unspecified atom stereocenters. The first-order chi connectivity index (χ1) is 7.66. The summed E-state index contributed by atoms with van der Waals surface area (Å²) in [5, 5.41) is 6.34. The highest BCUT2D eigenvalue weighted by atomic mass is 35.5. The van der Waals surface area contributed by atoms with Crippen LogP contribution in [0.1, 0.15) is 25.7 Å². The molecule has 4 nitrogen and oxygen atoms in total. The Kier molecular flexibility index (Phi) is 5.70. The van der Waals surface area contributed by atoms with Crippen molar-refractivity contribution in [3.8, 4) is 0 Å². The van der Waals surface area contributed by atoms with E-state index in [2.05, 4.69) is 29.6 Å². The van der Waals surface area contributed by atoms with Crippen LogP contribution in [0.4, 0.5) is 0 Å². The molecule has 1 saturated heterocycles. The molecule has 0 bridgehead atoms. The highest BCUT2D eigenvalue weighted by Crippen LogP contribution is 2.22. The van der Waals surface area contributed by atoms with Crippen LogP contribution in [0.15, 0.2) is 0 Å². The Hall–Kier alpha value is -0.320. The quantitative estimate of drug-likeness (QED) is 0.783. The molecular formula is C12H24ClN3O. The normalized spacial score (nSPS) is 29.4. The van der Waals surface area contributed by atoms with Crippen LogP contribution < -0.4 is 10.6 Å². The summed E-state index contributed by atoms with van der Waals surface area (Å²) in [6.07, 6.45) is 4.76. The third-order valence-corrected chi connectivity index (χ3v) is 3.88. The number of carbonyl (C=O) groups excluding carboxylic acids is 1. The van der Waals surface area contributed by atoms with E-state index in [4.69, 9.17) is 0 Å². The van der Waals surface area contributed by atoms with Crippen molar-refractivity contribution in [2.75, 3.05) is 27.2 Å². The standard InChI is InChI=1S/C12H23N3O.ClH/c1-15(2)11-5-3-4-10(6-11)14-12(16)9-7-13-8-9;/h9-11,13H,3-8H2,1-2H3,(H,14,16);1H. The Morgan fingerprint density at radius 1 is 1.29 bits per heavy atom. The number of carbonyl (C=O) groups is 1. The van der Waals surface area contributed by atoms with Crippen LogP contribution in [0, 0.1) is 5.92 Å². The van der Waals surface area contributed by atoms with Crippen molar-refractivity contribution in [1.82, 2.24) is 15.5 Å². The van der Waals surface area contributed by atoms with Gasteiger partial charge in [-0.25, -0.2) is 0 Å². The first kappa shape index (κ1) is 14.7. The predicted octanol–water partition coefficient (Wildman–Crippen LogP) is 0.617. The van der Waals surface area contributed by atoms with E-state index < -0.39 is 0 Å².